The summed E-state index contributed by atoms with van der Waals surface area (Å²) in [7, 11) is 5.56. The van der Waals surface area contributed by atoms with Crippen LogP contribution in [0.3, 0.4) is 0 Å². The Morgan fingerprint density at radius 1 is 1.10 bits per heavy atom. The first kappa shape index (κ1) is 14.6. The van der Waals surface area contributed by atoms with Gasteiger partial charge in [-0.2, -0.15) is 0 Å². The van der Waals surface area contributed by atoms with Crippen molar-refractivity contribution in [2.24, 2.45) is 0 Å². The first-order chi connectivity index (χ1) is 10.0. The molecule has 0 bridgehead atoms. The summed E-state index contributed by atoms with van der Waals surface area (Å²) in [6, 6.07) is 12.9. The van der Waals surface area contributed by atoms with Crippen LogP contribution in [0.15, 0.2) is 42.5 Å². The first-order valence-corrected chi connectivity index (χ1v) is 6.52. The molecule has 0 spiro atoms. The summed E-state index contributed by atoms with van der Waals surface area (Å²) in [5, 5.41) is 17.2. The third kappa shape index (κ3) is 3.22. The number of nitrogens with zero attached hydrogens (tertiary/aromatic N) is 2. The van der Waals surface area contributed by atoms with Gasteiger partial charge in [0.05, 0.1) is 4.92 Å². The van der Waals surface area contributed by atoms with E-state index in [2.05, 4.69) is 10.6 Å². The average Bonchev–Trinajstić information content (AvgIpc) is 2.46. The van der Waals surface area contributed by atoms with Crippen LogP contribution >= 0.6 is 0 Å². The van der Waals surface area contributed by atoms with Gasteiger partial charge in [0.15, 0.2) is 0 Å². The molecule has 110 valence electrons. The van der Waals surface area contributed by atoms with Crippen LogP contribution in [0, 0.1) is 10.1 Å². The zero-order chi connectivity index (χ0) is 15.4. The van der Waals surface area contributed by atoms with Crippen molar-refractivity contribution in [1.82, 2.24) is 0 Å². The monoisotopic (exact) mass is 286 g/mol. The molecule has 21 heavy (non-hydrogen) atoms. The number of hydrogen-bond donors (Lipinski definition) is 2. The minimum atomic E-state index is -0.385. The normalized spacial score (nSPS) is 10.0. The lowest BCUT2D eigenvalue weighted by Gasteiger charge is -2.15. The standard InChI is InChI=1S/C15H18N4O2/c1-16-13-8-5-9-14(15(13)19(20)21)17-11-6-4-7-12(10-11)18(2)3/h4-10,16-17H,1-3H3. The average molecular weight is 286 g/mol. The molecule has 0 unspecified atom stereocenters. The maximum atomic E-state index is 11.3. The van der Waals surface area contributed by atoms with Gasteiger partial charge in [0, 0.05) is 32.5 Å². The predicted octanol–water partition coefficient (Wildman–Crippen LogP) is 3.45. The Morgan fingerprint density at radius 2 is 1.76 bits per heavy atom. The molecule has 0 aliphatic heterocycles. The predicted molar refractivity (Wildman–Crippen MR) is 86.7 cm³/mol. The minimum absolute atomic E-state index is 0.0373. The van der Waals surface area contributed by atoms with Crippen LogP contribution in [0.2, 0.25) is 0 Å². The van der Waals surface area contributed by atoms with Crippen molar-refractivity contribution < 1.29 is 4.92 Å². The van der Waals surface area contributed by atoms with E-state index in [0.29, 0.717) is 11.4 Å². The van der Waals surface area contributed by atoms with Crippen LogP contribution in [0.25, 0.3) is 0 Å². The van der Waals surface area contributed by atoms with E-state index >= 15 is 0 Å². The largest absolute Gasteiger partial charge is 0.382 e. The molecule has 0 atom stereocenters. The molecular weight excluding hydrogens is 268 g/mol. The van der Waals surface area contributed by atoms with Gasteiger partial charge in [0.1, 0.15) is 11.4 Å². The Hall–Kier alpha value is -2.76. The number of benzene rings is 2. The quantitative estimate of drug-likeness (QED) is 0.650. The van der Waals surface area contributed by atoms with E-state index in [4.69, 9.17) is 0 Å². The lowest BCUT2D eigenvalue weighted by molar-refractivity contribution is -0.383. The molecule has 0 heterocycles. The van der Waals surface area contributed by atoms with Gasteiger partial charge in [-0.05, 0) is 30.3 Å². The molecular formula is C15H18N4O2. The molecule has 0 saturated heterocycles. The lowest BCUT2D eigenvalue weighted by atomic mass is 10.2. The molecule has 0 aliphatic carbocycles. The molecule has 6 nitrogen and oxygen atoms in total. The van der Waals surface area contributed by atoms with Gasteiger partial charge in [0.2, 0.25) is 0 Å². The Balaban J connectivity index is 2.40. The van der Waals surface area contributed by atoms with Crippen molar-refractivity contribution >= 4 is 28.4 Å². The van der Waals surface area contributed by atoms with Crippen LogP contribution < -0.4 is 15.5 Å². The van der Waals surface area contributed by atoms with Gasteiger partial charge in [-0.3, -0.25) is 10.1 Å². The second-order valence-electron chi connectivity index (χ2n) is 4.78. The number of hydrogen-bond acceptors (Lipinski definition) is 5. The number of nitro benzene ring substituents is 1. The van der Waals surface area contributed by atoms with Crippen LogP contribution in [0.5, 0.6) is 0 Å². The van der Waals surface area contributed by atoms with Crippen molar-refractivity contribution in [3.05, 3.63) is 52.6 Å². The van der Waals surface area contributed by atoms with Crippen LogP contribution in [0.1, 0.15) is 0 Å². The molecule has 2 N–H and O–H groups in total. The first-order valence-electron chi connectivity index (χ1n) is 6.52. The van der Waals surface area contributed by atoms with Crippen molar-refractivity contribution in [2.75, 3.05) is 36.7 Å². The molecule has 2 aromatic carbocycles. The molecule has 0 aliphatic rings. The fourth-order valence-corrected chi connectivity index (χ4v) is 2.06. The highest BCUT2D eigenvalue weighted by Crippen LogP contribution is 2.34. The maximum absolute atomic E-state index is 11.3. The molecule has 6 heteroatoms. The Bertz CT molecular complexity index is 656. The van der Waals surface area contributed by atoms with Crippen molar-refractivity contribution in [2.45, 2.75) is 0 Å². The Morgan fingerprint density at radius 3 is 2.38 bits per heavy atom. The molecule has 0 saturated carbocycles. The van der Waals surface area contributed by atoms with E-state index in [1.807, 2.05) is 43.3 Å². The summed E-state index contributed by atoms with van der Waals surface area (Å²) in [5.74, 6) is 0. The molecule has 2 rings (SSSR count). The highest BCUT2D eigenvalue weighted by molar-refractivity contribution is 5.80. The summed E-state index contributed by atoms with van der Waals surface area (Å²) >= 11 is 0. The Kier molecular flexibility index (Phi) is 4.27. The van der Waals surface area contributed by atoms with Crippen molar-refractivity contribution in [3.8, 4) is 0 Å². The van der Waals surface area contributed by atoms with E-state index in [0.717, 1.165) is 11.4 Å². The van der Waals surface area contributed by atoms with Gasteiger partial charge in [-0.25, -0.2) is 0 Å². The van der Waals surface area contributed by atoms with E-state index in [1.165, 1.54) is 0 Å². The number of rotatable bonds is 5. The lowest BCUT2D eigenvalue weighted by Crippen LogP contribution is -2.08. The number of anilines is 4. The second kappa shape index (κ2) is 6.13. The molecule has 0 fully saturated rings. The molecule has 0 aromatic heterocycles. The topological polar surface area (TPSA) is 70.4 Å². The van der Waals surface area contributed by atoms with Gasteiger partial charge >= 0.3 is 5.69 Å². The zero-order valence-corrected chi connectivity index (χ0v) is 12.3. The second-order valence-corrected chi connectivity index (χ2v) is 4.78. The smallest absolute Gasteiger partial charge is 0.315 e. The summed E-state index contributed by atoms with van der Waals surface area (Å²) in [6.45, 7) is 0. The molecule has 0 radical (unpaired) electrons. The van der Waals surface area contributed by atoms with E-state index in [1.54, 1.807) is 25.2 Å². The summed E-state index contributed by atoms with van der Waals surface area (Å²) in [4.78, 5) is 12.9. The van der Waals surface area contributed by atoms with Gasteiger partial charge in [-0.15, -0.1) is 0 Å². The zero-order valence-electron chi connectivity index (χ0n) is 12.3. The summed E-state index contributed by atoms with van der Waals surface area (Å²) in [5.41, 5.74) is 2.80. The van der Waals surface area contributed by atoms with E-state index in [9.17, 15) is 10.1 Å². The number of nitro groups is 1. The van der Waals surface area contributed by atoms with Crippen molar-refractivity contribution in [3.63, 3.8) is 0 Å². The van der Waals surface area contributed by atoms with E-state index < -0.39 is 0 Å². The Labute approximate surface area is 123 Å². The van der Waals surface area contributed by atoms with Gasteiger partial charge in [-0.1, -0.05) is 12.1 Å². The highest BCUT2D eigenvalue weighted by Gasteiger charge is 2.18. The van der Waals surface area contributed by atoms with Crippen LogP contribution in [0.4, 0.5) is 28.4 Å². The van der Waals surface area contributed by atoms with Gasteiger partial charge < -0.3 is 15.5 Å². The van der Waals surface area contributed by atoms with Gasteiger partial charge in [0.25, 0.3) is 0 Å². The third-order valence-electron chi connectivity index (χ3n) is 3.13. The maximum Gasteiger partial charge on any atom is 0.315 e. The van der Waals surface area contributed by atoms with Crippen LogP contribution in [-0.2, 0) is 0 Å². The van der Waals surface area contributed by atoms with Crippen LogP contribution in [-0.4, -0.2) is 26.1 Å². The number of para-hydroxylation sites is 1. The third-order valence-corrected chi connectivity index (χ3v) is 3.13. The highest BCUT2D eigenvalue weighted by atomic mass is 16.6. The molecule has 0 amide bonds. The minimum Gasteiger partial charge on any atom is -0.382 e. The SMILES string of the molecule is CNc1cccc(Nc2cccc(N(C)C)c2)c1[N+](=O)[O-]. The summed E-state index contributed by atoms with van der Waals surface area (Å²) in [6.07, 6.45) is 0. The fraction of sp³-hybridized carbons (Fsp3) is 0.200. The summed E-state index contributed by atoms with van der Waals surface area (Å²) < 4.78 is 0. The van der Waals surface area contributed by atoms with E-state index in [-0.39, 0.29) is 10.6 Å². The number of nitrogens with one attached hydrogen (secondary N) is 2. The van der Waals surface area contributed by atoms with Crippen molar-refractivity contribution in [1.29, 1.82) is 0 Å². The molecule has 2 aromatic rings. The fourth-order valence-electron chi connectivity index (χ4n) is 2.06.